The second kappa shape index (κ2) is 10.6. The molecule has 3 heterocycles. The number of aryl methyl sites for hydroxylation is 1. The Kier molecular flexibility index (Phi) is 6.75. The molecule has 3 N–H and O–H groups in total. The fraction of sp³-hybridized carbons (Fsp3) is 0.310. The fourth-order valence-electron chi connectivity index (χ4n) is 4.79. The lowest BCUT2D eigenvalue weighted by Gasteiger charge is -2.34. The summed E-state index contributed by atoms with van der Waals surface area (Å²) < 4.78 is 0. The van der Waals surface area contributed by atoms with Gasteiger partial charge in [-0.1, -0.05) is 30.3 Å². The lowest BCUT2D eigenvalue weighted by atomic mass is 10.1. The van der Waals surface area contributed by atoms with E-state index in [1.165, 1.54) is 24.1 Å². The molecule has 1 amide bonds. The highest BCUT2D eigenvalue weighted by atomic mass is 16.1. The van der Waals surface area contributed by atoms with Crippen molar-refractivity contribution < 1.29 is 4.79 Å². The number of hydrogen-bond acceptors (Lipinski definition) is 7. The van der Waals surface area contributed by atoms with Gasteiger partial charge in [-0.15, -0.1) is 0 Å². The van der Waals surface area contributed by atoms with Gasteiger partial charge in [0.25, 0.3) is 5.91 Å². The summed E-state index contributed by atoms with van der Waals surface area (Å²) in [4.78, 5) is 26.5. The fourth-order valence-corrected chi connectivity index (χ4v) is 4.79. The number of rotatable bonds is 8. The van der Waals surface area contributed by atoms with Gasteiger partial charge < -0.3 is 15.5 Å². The standard InChI is InChI=1S/C29H32N8O/c1-20-4-2-3-5-24(20)28(38)31-23-10-6-21(7-11-23)19-36-14-16-37(17-15-36)29-30-13-12-26(33-29)32-27-18-25(34-35-27)22-8-9-22/h2-7,10-13,18,22H,8-9,14-17,19H2,1H3,(H,31,38)(H2,30,32,33,34,35). The van der Waals surface area contributed by atoms with Crippen molar-refractivity contribution in [3.05, 3.63) is 89.2 Å². The predicted molar refractivity (Wildman–Crippen MR) is 149 cm³/mol. The molecule has 2 aromatic carbocycles. The van der Waals surface area contributed by atoms with Gasteiger partial charge in [0.15, 0.2) is 5.82 Å². The van der Waals surface area contributed by atoms with Gasteiger partial charge in [0, 0.05) is 67.8 Å². The van der Waals surface area contributed by atoms with Gasteiger partial charge >= 0.3 is 0 Å². The first-order valence-electron chi connectivity index (χ1n) is 13.2. The number of benzene rings is 2. The van der Waals surface area contributed by atoms with Crippen molar-refractivity contribution in [2.45, 2.75) is 32.2 Å². The van der Waals surface area contributed by atoms with Crippen LogP contribution in [0.5, 0.6) is 0 Å². The second-order valence-corrected chi connectivity index (χ2v) is 10.1. The lowest BCUT2D eigenvalue weighted by Crippen LogP contribution is -2.46. The smallest absolute Gasteiger partial charge is 0.255 e. The van der Waals surface area contributed by atoms with Gasteiger partial charge in [0.2, 0.25) is 5.95 Å². The van der Waals surface area contributed by atoms with Crippen molar-refractivity contribution >= 4 is 29.2 Å². The zero-order chi connectivity index (χ0) is 25.9. The maximum absolute atomic E-state index is 12.6. The molecule has 0 atom stereocenters. The SMILES string of the molecule is Cc1ccccc1C(=O)Nc1ccc(CN2CCN(c3nccc(Nc4cc(C5CC5)[nH]n4)n3)CC2)cc1. The van der Waals surface area contributed by atoms with E-state index in [1.54, 1.807) is 6.20 Å². The molecule has 0 spiro atoms. The number of amides is 1. The van der Waals surface area contributed by atoms with Crippen LogP contribution in [-0.2, 0) is 6.54 Å². The number of aromatic amines is 1. The summed E-state index contributed by atoms with van der Waals surface area (Å²) in [6, 6.07) is 19.7. The minimum atomic E-state index is -0.0826. The van der Waals surface area contributed by atoms with E-state index in [0.29, 0.717) is 11.5 Å². The topological polar surface area (TPSA) is 102 Å². The molecule has 9 nitrogen and oxygen atoms in total. The average Bonchev–Trinajstić information content (AvgIpc) is 3.69. The molecule has 0 radical (unpaired) electrons. The highest BCUT2D eigenvalue weighted by Crippen LogP contribution is 2.39. The second-order valence-electron chi connectivity index (χ2n) is 10.1. The third kappa shape index (κ3) is 5.68. The molecule has 1 saturated heterocycles. The molecule has 1 aliphatic carbocycles. The van der Waals surface area contributed by atoms with Crippen LogP contribution in [0.25, 0.3) is 0 Å². The van der Waals surface area contributed by atoms with E-state index in [-0.39, 0.29) is 5.91 Å². The highest BCUT2D eigenvalue weighted by Gasteiger charge is 2.25. The van der Waals surface area contributed by atoms with Crippen LogP contribution >= 0.6 is 0 Å². The van der Waals surface area contributed by atoms with E-state index in [0.717, 1.165) is 61.6 Å². The molecular formula is C29H32N8O. The summed E-state index contributed by atoms with van der Waals surface area (Å²) in [5.41, 5.74) is 4.88. The summed E-state index contributed by atoms with van der Waals surface area (Å²) >= 11 is 0. The van der Waals surface area contributed by atoms with Crippen molar-refractivity contribution in [1.82, 2.24) is 25.1 Å². The molecule has 2 fully saturated rings. The Bertz CT molecular complexity index is 1400. The van der Waals surface area contributed by atoms with E-state index < -0.39 is 0 Å². The quantitative estimate of drug-likeness (QED) is 0.317. The predicted octanol–water partition coefficient (Wildman–Crippen LogP) is 4.70. The monoisotopic (exact) mass is 508 g/mol. The Morgan fingerprint density at radius 2 is 1.79 bits per heavy atom. The van der Waals surface area contributed by atoms with E-state index in [2.05, 4.69) is 53.8 Å². The highest BCUT2D eigenvalue weighted by molar-refractivity contribution is 6.05. The Morgan fingerprint density at radius 3 is 2.55 bits per heavy atom. The first-order valence-corrected chi connectivity index (χ1v) is 13.2. The maximum atomic E-state index is 12.6. The van der Waals surface area contributed by atoms with Crippen LogP contribution in [0.3, 0.4) is 0 Å². The van der Waals surface area contributed by atoms with Crippen molar-refractivity contribution in [3.63, 3.8) is 0 Å². The number of aromatic nitrogens is 4. The number of carbonyl (C=O) groups is 1. The van der Waals surface area contributed by atoms with Gasteiger partial charge in [-0.2, -0.15) is 10.1 Å². The minimum Gasteiger partial charge on any atom is -0.338 e. The van der Waals surface area contributed by atoms with Gasteiger partial charge in [-0.05, 0) is 55.2 Å². The summed E-state index contributed by atoms with van der Waals surface area (Å²) in [6.07, 6.45) is 4.28. The van der Waals surface area contributed by atoms with Crippen molar-refractivity contribution in [1.29, 1.82) is 0 Å². The molecule has 2 aromatic heterocycles. The number of nitrogens with one attached hydrogen (secondary N) is 3. The molecule has 0 bridgehead atoms. The van der Waals surface area contributed by atoms with Crippen molar-refractivity contribution in [2.75, 3.05) is 41.7 Å². The van der Waals surface area contributed by atoms with Crippen LogP contribution in [0.2, 0.25) is 0 Å². The number of nitrogens with zero attached hydrogens (tertiary/aromatic N) is 5. The molecule has 38 heavy (non-hydrogen) atoms. The Balaban J connectivity index is 0.999. The van der Waals surface area contributed by atoms with E-state index in [9.17, 15) is 4.79 Å². The van der Waals surface area contributed by atoms with Crippen LogP contribution < -0.4 is 15.5 Å². The number of anilines is 4. The first-order chi connectivity index (χ1) is 18.6. The van der Waals surface area contributed by atoms with Crippen molar-refractivity contribution in [3.8, 4) is 0 Å². The molecule has 6 rings (SSSR count). The van der Waals surface area contributed by atoms with Crippen molar-refractivity contribution in [2.24, 2.45) is 0 Å². The normalized spacial score (nSPS) is 15.9. The molecule has 9 heteroatoms. The number of H-pyrrole nitrogens is 1. The van der Waals surface area contributed by atoms with Crippen LogP contribution in [0.15, 0.2) is 66.9 Å². The molecule has 1 saturated carbocycles. The van der Waals surface area contributed by atoms with Gasteiger partial charge in [0.1, 0.15) is 5.82 Å². The molecule has 4 aromatic rings. The van der Waals surface area contributed by atoms with Gasteiger partial charge in [-0.25, -0.2) is 4.98 Å². The van der Waals surface area contributed by atoms with Crippen LogP contribution in [0, 0.1) is 6.92 Å². The van der Waals surface area contributed by atoms with E-state index in [1.807, 2.05) is 49.4 Å². The van der Waals surface area contributed by atoms with E-state index >= 15 is 0 Å². The first kappa shape index (κ1) is 24.1. The van der Waals surface area contributed by atoms with Crippen LogP contribution in [-0.4, -0.2) is 57.2 Å². The largest absolute Gasteiger partial charge is 0.338 e. The summed E-state index contributed by atoms with van der Waals surface area (Å²) in [7, 11) is 0. The molecule has 2 aliphatic rings. The van der Waals surface area contributed by atoms with Crippen LogP contribution in [0.4, 0.5) is 23.3 Å². The Labute approximate surface area is 222 Å². The van der Waals surface area contributed by atoms with E-state index in [4.69, 9.17) is 4.98 Å². The molecule has 0 unspecified atom stereocenters. The zero-order valence-corrected chi connectivity index (χ0v) is 21.5. The minimum absolute atomic E-state index is 0.0826. The van der Waals surface area contributed by atoms with Gasteiger partial charge in [0.05, 0.1) is 0 Å². The number of hydrogen-bond donors (Lipinski definition) is 3. The summed E-state index contributed by atoms with van der Waals surface area (Å²) in [5, 5.41) is 13.8. The molecule has 1 aliphatic heterocycles. The average molecular weight is 509 g/mol. The Hall–Kier alpha value is -4.24. The summed E-state index contributed by atoms with van der Waals surface area (Å²) in [6.45, 7) is 6.39. The van der Waals surface area contributed by atoms with Gasteiger partial charge in [-0.3, -0.25) is 14.8 Å². The molecular weight excluding hydrogens is 476 g/mol. The lowest BCUT2D eigenvalue weighted by molar-refractivity contribution is 0.102. The summed E-state index contributed by atoms with van der Waals surface area (Å²) in [5.74, 6) is 2.84. The third-order valence-electron chi connectivity index (χ3n) is 7.18. The number of piperazine rings is 1. The Morgan fingerprint density at radius 1 is 1.00 bits per heavy atom. The third-order valence-corrected chi connectivity index (χ3v) is 7.18. The zero-order valence-electron chi connectivity index (χ0n) is 21.5. The number of carbonyl (C=O) groups excluding carboxylic acids is 1. The van der Waals surface area contributed by atoms with Crippen LogP contribution in [0.1, 0.15) is 45.9 Å². The molecule has 194 valence electrons. The maximum Gasteiger partial charge on any atom is 0.255 e.